The molecule has 0 radical (unpaired) electrons. The predicted molar refractivity (Wildman–Crippen MR) is 128 cm³/mol. The van der Waals surface area contributed by atoms with Crippen molar-refractivity contribution in [1.82, 2.24) is 5.32 Å². The Morgan fingerprint density at radius 1 is 0.839 bits per heavy atom. The smallest absolute Gasteiger partial charge is 0.322 e. The fourth-order valence-corrected chi connectivity index (χ4v) is 5.26. The fourth-order valence-electron chi connectivity index (χ4n) is 4.67. The van der Waals surface area contributed by atoms with Gasteiger partial charge in [-0.2, -0.15) is 0 Å². The molecule has 1 aliphatic rings. The lowest BCUT2D eigenvalue weighted by molar-refractivity contribution is -0.170. The Hall–Kier alpha value is -2.43. The van der Waals surface area contributed by atoms with Gasteiger partial charge in [0.1, 0.15) is 11.0 Å². The number of rotatable bonds is 7. The van der Waals surface area contributed by atoms with Crippen LogP contribution in [0, 0.1) is 0 Å². The van der Waals surface area contributed by atoms with Gasteiger partial charge < -0.3 is 10.1 Å². The highest BCUT2D eigenvalue weighted by atomic mass is 79.9. The van der Waals surface area contributed by atoms with Gasteiger partial charge in [-0.25, -0.2) is 0 Å². The molecule has 1 fully saturated rings. The fraction of sp³-hybridized carbons (Fsp3) is 0.296. The van der Waals surface area contributed by atoms with Crippen LogP contribution in [0.3, 0.4) is 0 Å². The maximum atomic E-state index is 14.2. The van der Waals surface area contributed by atoms with Crippen LogP contribution < -0.4 is 5.32 Å². The highest BCUT2D eigenvalue weighted by Gasteiger charge is 2.47. The molecule has 0 saturated carbocycles. The maximum Gasteiger partial charge on any atom is 0.322 e. The molecule has 31 heavy (non-hydrogen) atoms. The molecule has 0 aromatic heterocycles. The molecule has 1 saturated heterocycles. The van der Waals surface area contributed by atoms with E-state index in [0.29, 0.717) is 11.8 Å². The van der Waals surface area contributed by atoms with Crippen LogP contribution in [0.5, 0.6) is 0 Å². The Morgan fingerprint density at radius 2 is 1.32 bits per heavy atom. The Morgan fingerprint density at radius 3 is 1.81 bits per heavy atom. The molecule has 3 aromatic carbocycles. The Kier molecular flexibility index (Phi) is 6.89. The van der Waals surface area contributed by atoms with Crippen molar-refractivity contribution in [2.45, 2.75) is 30.3 Å². The number of piperidine rings is 1. The van der Waals surface area contributed by atoms with Gasteiger partial charge in [0, 0.05) is 18.2 Å². The molecule has 4 heteroatoms. The van der Waals surface area contributed by atoms with E-state index in [2.05, 4.69) is 33.4 Å². The monoisotopic (exact) mass is 477 g/mol. The lowest BCUT2D eigenvalue weighted by Crippen LogP contribution is -2.48. The van der Waals surface area contributed by atoms with Crippen LogP contribution in [0.1, 0.15) is 36.0 Å². The molecule has 1 heterocycles. The van der Waals surface area contributed by atoms with E-state index < -0.39 is 11.0 Å². The molecule has 1 aliphatic heterocycles. The predicted octanol–water partition coefficient (Wildman–Crippen LogP) is 5.58. The summed E-state index contributed by atoms with van der Waals surface area (Å²) in [7, 11) is 0. The van der Waals surface area contributed by atoms with Gasteiger partial charge in [0.15, 0.2) is 0 Å². The van der Waals surface area contributed by atoms with Gasteiger partial charge in [-0.15, -0.1) is 0 Å². The third-order valence-electron chi connectivity index (χ3n) is 6.35. The SMILES string of the molecule is O=C(OC1(c2ccccc2)CCNCC1)C(CCBr)(c1ccccc1)c1ccccc1. The summed E-state index contributed by atoms with van der Waals surface area (Å²) >= 11 is 3.61. The molecule has 1 N–H and O–H groups in total. The number of nitrogens with one attached hydrogen (secondary N) is 1. The summed E-state index contributed by atoms with van der Waals surface area (Å²) in [5.41, 5.74) is 1.49. The number of benzene rings is 3. The maximum absolute atomic E-state index is 14.2. The lowest BCUT2D eigenvalue weighted by atomic mass is 9.72. The first-order valence-corrected chi connectivity index (χ1v) is 12.0. The molecule has 3 nitrogen and oxygen atoms in total. The highest BCUT2D eigenvalue weighted by Crippen LogP contribution is 2.42. The first-order chi connectivity index (χ1) is 15.2. The zero-order chi connectivity index (χ0) is 21.6. The normalized spacial score (nSPS) is 15.9. The van der Waals surface area contributed by atoms with Crippen LogP contribution in [0.25, 0.3) is 0 Å². The van der Waals surface area contributed by atoms with Crippen molar-refractivity contribution in [3.63, 3.8) is 0 Å². The quantitative estimate of drug-likeness (QED) is 0.356. The minimum atomic E-state index is -0.876. The average molecular weight is 478 g/mol. The third kappa shape index (κ3) is 4.32. The number of ether oxygens (including phenoxy) is 1. The number of hydrogen-bond donors (Lipinski definition) is 1. The molecule has 0 amide bonds. The summed E-state index contributed by atoms with van der Waals surface area (Å²) < 4.78 is 6.59. The number of carbonyl (C=O) groups excluding carboxylic acids is 1. The van der Waals surface area contributed by atoms with E-state index in [-0.39, 0.29) is 5.97 Å². The van der Waals surface area contributed by atoms with Gasteiger partial charge in [-0.3, -0.25) is 4.79 Å². The number of carbonyl (C=O) groups is 1. The average Bonchev–Trinajstić information content (AvgIpc) is 2.85. The van der Waals surface area contributed by atoms with Gasteiger partial charge in [-0.1, -0.05) is 107 Å². The van der Waals surface area contributed by atoms with Crippen molar-refractivity contribution in [3.05, 3.63) is 108 Å². The molecule has 0 aliphatic carbocycles. The van der Waals surface area contributed by atoms with Crippen molar-refractivity contribution < 1.29 is 9.53 Å². The van der Waals surface area contributed by atoms with Crippen molar-refractivity contribution in [2.24, 2.45) is 0 Å². The Labute approximate surface area is 193 Å². The minimum Gasteiger partial charge on any atom is -0.453 e. The summed E-state index contributed by atoms with van der Waals surface area (Å²) in [6.07, 6.45) is 2.14. The van der Waals surface area contributed by atoms with E-state index >= 15 is 0 Å². The molecule has 160 valence electrons. The van der Waals surface area contributed by atoms with Crippen LogP contribution >= 0.6 is 15.9 Å². The van der Waals surface area contributed by atoms with Crippen LogP contribution in [0.4, 0.5) is 0 Å². The van der Waals surface area contributed by atoms with Gasteiger partial charge in [0.2, 0.25) is 0 Å². The Balaban J connectivity index is 1.82. The van der Waals surface area contributed by atoms with Crippen LogP contribution in [0.15, 0.2) is 91.0 Å². The van der Waals surface area contributed by atoms with Gasteiger partial charge in [-0.05, 0) is 36.2 Å². The standard InChI is InChI=1S/C27H28BrNO2/c28-19-16-27(23-12-6-2-7-13-23,24-14-8-3-9-15-24)25(30)31-26(17-20-29-21-18-26)22-10-4-1-5-11-22/h1-15,29H,16-21H2. The Bertz CT molecular complexity index is 930. The van der Waals surface area contributed by atoms with Crippen molar-refractivity contribution in [3.8, 4) is 0 Å². The van der Waals surface area contributed by atoms with Crippen LogP contribution in [0.2, 0.25) is 0 Å². The summed E-state index contributed by atoms with van der Waals surface area (Å²) in [5.74, 6) is -0.185. The number of esters is 1. The zero-order valence-electron chi connectivity index (χ0n) is 17.6. The third-order valence-corrected chi connectivity index (χ3v) is 6.75. The van der Waals surface area contributed by atoms with Gasteiger partial charge in [0.05, 0.1) is 0 Å². The zero-order valence-corrected chi connectivity index (χ0v) is 19.2. The highest BCUT2D eigenvalue weighted by molar-refractivity contribution is 9.09. The molecule has 3 aromatic rings. The number of alkyl halides is 1. The topological polar surface area (TPSA) is 38.3 Å². The molecular weight excluding hydrogens is 450 g/mol. The van der Waals surface area contributed by atoms with E-state index in [1.165, 1.54) is 0 Å². The van der Waals surface area contributed by atoms with Gasteiger partial charge >= 0.3 is 5.97 Å². The van der Waals surface area contributed by atoms with Crippen LogP contribution in [-0.2, 0) is 20.5 Å². The molecule has 4 rings (SSSR count). The molecule has 0 bridgehead atoms. The molecular formula is C27H28BrNO2. The van der Waals surface area contributed by atoms with E-state index in [0.717, 1.165) is 42.6 Å². The molecule has 0 unspecified atom stereocenters. The second-order valence-electron chi connectivity index (χ2n) is 8.08. The van der Waals surface area contributed by atoms with Crippen LogP contribution in [-0.4, -0.2) is 24.4 Å². The molecule has 0 atom stereocenters. The lowest BCUT2D eigenvalue weighted by Gasteiger charge is -2.41. The van der Waals surface area contributed by atoms with Crippen molar-refractivity contribution >= 4 is 21.9 Å². The van der Waals surface area contributed by atoms with E-state index in [4.69, 9.17) is 4.74 Å². The summed E-state index contributed by atoms with van der Waals surface area (Å²) in [5, 5.41) is 4.10. The summed E-state index contributed by atoms with van der Waals surface area (Å²) in [6.45, 7) is 1.65. The number of halogens is 1. The van der Waals surface area contributed by atoms with E-state index in [1.54, 1.807) is 0 Å². The minimum absolute atomic E-state index is 0.185. The van der Waals surface area contributed by atoms with E-state index in [1.807, 2.05) is 78.9 Å². The first-order valence-electron chi connectivity index (χ1n) is 10.9. The summed E-state index contributed by atoms with van der Waals surface area (Å²) in [6, 6.07) is 30.3. The largest absolute Gasteiger partial charge is 0.453 e. The molecule has 0 spiro atoms. The van der Waals surface area contributed by atoms with E-state index in [9.17, 15) is 4.79 Å². The second kappa shape index (κ2) is 9.80. The van der Waals surface area contributed by atoms with Crippen molar-refractivity contribution in [2.75, 3.05) is 18.4 Å². The first kappa shape index (κ1) is 21.8. The van der Waals surface area contributed by atoms with Crippen molar-refractivity contribution in [1.29, 1.82) is 0 Å². The second-order valence-corrected chi connectivity index (χ2v) is 8.87. The number of hydrogen-bond acceptors (Lipinski definition) is 3. The van der Waals surface area contributed by atoms with Gasteiger partial charge in [0.25, 0.3) is 0 Å². The summed E-state index contributed by atoms with van der Waals surface area (Å²) in [4.78, 5) is 14.2.